The Balaban J connectivity index is 1.42. The van der Waals surface area contributed by atoms with E-state index in [1.807, 2.05) is 13.8 Å². The second-order valence-corrected chi connectivity index (χ2v) is 10.2. The highest BCUT2D eigenvalue weighted by atomic mass is 19.4. The first kappa shape index (κ1) is 25.7. The van der Waals surface area contributed by atoms with Crippen LogP contribution in [-0.4, -0.2) is 58.4 Å². The van der Waals surface area contributed by atoms with E-state index in [-0.39, 0.29) is 31.0 Å². The molecule has 3 aromatic rings. The quantitative estimate of drug-likeness (QED) is 0.483. The first-order chi connectivity index (χ1) is 18.0. The van der Waals surface area contributed by atoms with Crippen LogP contribution < -0.4 is 19.9 Å². The van der Waals surface area contributed by atoms with Gasteiger partial charge in [-0.05, 0) is 30.7 Å². The van der Waals surface area contributed by atoms with E-state index in [1.165, 1.54) is 18.5 Å². The molecule has 1 aromatic carbocycles. The number of benzene rings is 1. The Morgan fingerprint density at radius 3 is 2.76 bits per heavy atom. The van der Waals surface area contributed by atoms with E-state index in [2.05, 4.69) is 25.2 Å². The highest BCUT2D eigenvalue weighted by Crippen LogP contribution is 2.41. The van der Waals surface area contributed by atoms with E-state index in [0.29, 0.717) is 30.0 Å². The molecule has 0 spiro atoms. The second kappa shape index (κ2) is 9.75. The van der Waals surface area contributed by atoms with E-state index in [0.717, 1.165) is 24.4 Å². The summed E-state index contributed by atoms with van der Waals surface area (Å²) in [7, 11) is 0. The first-order valence-corrected chi connectivity index (χ1v) is 12.1. The fourth-order valence-corrected chi connectivity index (χ4v) is 4.45. The Bertz CT molecular complexity index is 1350. The summed E-state index contributed by atoms with van der Waals surface area (Å²) < 4.78 is 45.5. The van der Waals surface area contributed by atoms with Crippen molar-refractivity contribution >= 4 is 23.4 Å². The van der Waals surface area contributed by atoms with Crippen LogP contribution in [0.25, 0.3) is 11.3 Å². The van der Waals surface area contributed by atoms with Crippen molar-refractivity contribution in [3.05, 3.63) is 54.4 Å². The molecule has 2 aromatic heterocycles. The predicted octanol–water partition coefficient (Wildman–Crippen LogP) is 4.59. The number of aromatic nitrogens is 3. The van der Waals surface area contributed by atoms with Crippen LogP contribution in [0, 0.1) is 5.41 Å². The molecule has 9 nitrogen and oxygen atoms in total. The number of hydrogen-bond donors (Lipinski definition) is 2. The number of anilines is 3. The van der Waals surface area contributed by atoms with Gasteiger partial charge in [0.05, 0.1) is 48.6 Å². The summed E-state index contributed by atoms with van der Waals surface area (Å²) >= 11 is 0. The lowest BCUT2D eigenvalue weighted by atomic mass is 9.97. The minimum absolute atomic E-state index is 0.0703. The number of carbonyl (C=O) groups excluding carboxylic acids is 1. The summed E-state index contributed by atoms with van der Waals surface area (Å²) in [4.78, 5) is 30.2. The zero-order valence-electron chi connectivity index (χ0n) is 20.9. The number of alkyl halides is 3. The van der Waals surface area contributed by atoms with Crippen molar-refractivity contribution in [2.45, 2.75) is 32.5 Å². The lowest BCUT2D eigenvalue weighted by Gasteiger charge is -2.35. The summed E-state index contributed by atoms with van der Waals surface area (Å²) in [6.45, 7) is 5.16. The third-order valence-electron chi connectivity index (χ3n) is 6.54. The topological polar surface area (TPSA) is 104 Å². The molecule has 2 bridgehead atoms. The Morgan fingerprint density at radius 1 is 1.18 bits per heavy atom. The number of fused-ring (bicyclic) bond motifs is 4. The van der Waals surface area contributed by atoms with Crippen LogP contribution in [0.5, 0.6) is 5.88 Å². The van der Waals surface area contributed by atoms with Gasteiger partial charge in [0.2, 0.25) is 5.88 Å². The van der Waals surface area contributed by atoms with Crippen LogP contribution >= 0.6 is 0 Å². The maximum atomic E-state index is 13.5. The maximum Gasteiger partial charge on any atom is 0.416 e. The largest absolute Gasteiger partial charge is 0.476 e. The van der Waals surface area contributed by atoms with Crippen molar-refractivity contribution < 1.29 is 27.8 Å². The van der Waals surface area contributed by atoms with Crippen LogP contribution in [0.2, 0.25) is 0 Å². The molecule has 0 aliphatic carbocycles. The number of carbonyl (C=O) groups is 1. The fourth-order valence-electron chi connectivity index (χ4n) is 4.45. The Labute approximate surface area is 217 Å². The lowest BCUT2D eigenvalue weighted by molar-refractivity contribution is -0.137. The molecule has 4 heterocycles. The number of urea groups is 1. The number of rotatable bonds is 6. The van der Waals surface area contributed by atoms with Crippen molar-refractivity contribution in [3.8, 4) is 17.1 Å². The van der Waals surface area contributed by atoms with Gasteiger partial charge in [0.15, 0.2) is 11.6 Å². The molecule has 2 N–H and O–H groups in total. The maximum absolute atomic E-state index is 13.5. The van der Waals surface area contributed by atoms with E-state index in [4.69, 9.17) is 4.74 Å². The highest BCUT2D eigenvalue weighted by Gasteiger charge is 2.40. The highest BCUT2D eigenvalue weighted by molar-refractivity contribution is 6.04. The van der Waals surface area contributed by atoms with Crippen molar-refractivity contribution in [2.75, 3.05) is 41.4 Å². The molecule has 12 heteroatoms. The van der Waals surface area contributed by atoms with Gasteiger partial charge in [0.1, 0.15) is 0 Å². The van der Waals surface area contributed by atoms with Crippen molar-refractivity contribution in [1.82, 2.24) is 15.0 Å². The van der Waals surface area contributed by atoms with Crippen molar-refractivity contribution in [1.29, 1.82) is 0 Å². The zero-order chi connectivity index (χ0) is 27.1. The molecule has 2 aliphatic heterocycles. The van der Waals surface area contributed by atoms with Crippen molar-refractivity contribution in [2.24, 2.45) is 5.41 Å². The van der Waals surface area contributed by atoms with Gasteiger partial charge in [-0.15, -0.1) is 0 Å². The lowest BCUT2D eigenvalue weighted by Crippen LogP contribution is -2.48. The average molecular weight is 529 g/mol. The van der Waals surface area contributed by atoms with Crippen LogP contribution in [0.15, 0.2) is 48.8 Å². The molecule has 1 fully saturated rings. The van der Waals surface area contributed by atoms with E-state index in [1.54, 1.807) is 23.1 Å². The van der Waals surface area contributed by atoms with E-state index in [9.17, 15) is 23.1 Å². The van der Waals surface area contributed by atoms with Gasteiger partial charge in [-0.25, -0.2) is 9.78 Å². The molecule has 200 valence electrons. The predicted molar refractivity (Wildman–Crippen MR) is 135 cm³/mol. The van der Waals surface area contributed by atoms with Gasteiger partial charge in [-0.1, -0.05) is 26.0 Å². The number of nitrogens with zero attached hydrogens (tertiary/aromatic N) is 5. The number of halogens is 3. The van der Waals surface area contributed by atoms with E-state index < -0.39 is 23.2 Å². The van der Waals surface area contributed by atoms with Crippen LogP contribution in [0.3, 0.4) is 0 Å². The van der Waals surface area contributed by atoms with Gasteiger partial charge in [-0.3, -0.25) is 15.2 Å². The molecule has 2 aliphatic rings. The number of aliphatic hydroxyl groups is 1. The summed E-state index contributed by atoms with van der Waals surface area (Å²) in [5.74, 6) is 0.738. The van der Waals surface area contributed by atoms with Gasteiger partial charge >= 0.3 is 12.2 Å². The van der Waals surface area contributed by atoms with Crippen LogP contribution in [-0.2, 0) is 6.18 Å². The van der Waals surface area contributed by atoms with E-state index >= 15 is 0 Å². The molecular weight excluding hydrogens is 501 g/mol. The molecule has 1 atom stereocenters. The molecule has 5 rings (SSSR count). The standard InChI is InChI=1S/C26H27F3N6O3/c1-25(2,14-36)15-38-22-12-30-11-21(32-22)33-24(37)35-18-8-9-34(13-18)20-7-6-19(31-23(20)35)16-4-3-5-17(10-16)26(27,28)29/h3-7,10-12,18,36H,8-9,13-15H2,1-2H3,(H,32,33,37)/t18-/m0/s1. The minimum atomic E-state index is -4.48. The van der Waals surface area contributed by atoms with Crippen LogP contribution in [0.1, 0.15) is 25.8 Å². The number of nitrogens with one attached hydrogen (secondary N) is 1. The van der Waals surface area contributed by atoms with Gasteiger partial charge in [0.25, 0.3) is 0 Å². The molecule has 0 saturated carbocycles. The molecule has 38 heavy (non-hydrogen) atoms. The molecule has 2 amide bonds. The summed E-state index contributed by atoms with van der Waals surface area (Å²) in [5, 5.41) is 12.2. The Morgan fingerprint density at radius 2 is 2.00 bits per heavy atom. The molecule has 0 radical (unpaired) electrons. The first-order valence-electron chi connectivity index (χ1n) is 12.1. The van der Waals surface area contributed by atoms with Gasteiger partial charge in [-0.2, -0.15) is 18.2 Å². The monoisotopic (exact) mass is 528 g/mol. The number of pyridine rings is 1. The second-order valence-electron chi connectivity index (χ2n) is 10.2. The minimum Gasteiger partial charge on any atom is -0.476 e. The number of hydrogen-bond acceptors (Lipinski definition) is 7. The van der Waals surface area contributed by atoms with Gasteiger partial charge in [0, 0.05) is 24.1 Å². The summed E-state index contributed by atoms with van der Waals surface area (Å²) in [5.41, 5.74) is 0.125. The number of ether oxygens (including phenoxy) is 1. The third kappa shape index (κ3) is 5.21. The Hall–Kier alpha value is -3.93. The summed E-state index contributed by atoms with van der Waals surface area (Å²) in [6, 6.07) is 7.78. The number of aliphatic hydroxyl groups excluding tert-OH is 1. The normalized spacial score (nSPS) is 16.8. The molecule has 1 saturated heterocycles. The van der Waals surface area contributed by atoms with Gasteiger partial charge < -0.3 is 14.7 Å². The Kier molecular flexibility index (Phi) is 6.59. The SMILES string of the molecule is CC(C)(CO)COc1cncc(NC(=O)N2c3nc(-c4cccc(C(F)(F)F)c4)ccc3N3CC[C@H]2C3)n1. The fraction of sp³-hybridized carbons (Fsp3) is 0.385. The zero-order valence-corrected chi connectivity index (χ0v) is 20.9. The molecule has 0 unspecified atom stereocenters. The van der Waals surface area contributed by atoms with Crippen LogP contribution in [0.4, 0.5) is 35.3 Å². The summed E-state index contributed by atoms with van der Waals surface area (Å²) in [6.07, 6.45) is -0.959. The van der Waals surface area contributed by atoms with Crippen molar-refractivity contribution in [3.63, 3.8) is 0 Å². The third-order valence-corrected chi connectivity index (χ3v) is 6.54. The number of amides is 2. The average Bonchev–Trinajstić information content (AvgIpc) is 3.31. The smallest absolute Gasteiger partial charge is 0.416 e. The molecular formula is C26H27F3N6O3.